The molecule has 1 amide bonds. The number of aryl methyl sites for hydroxylation is 1. The van der Waals surface area contributed by atoms with Crippen molar-refractivity contribution >= 4 is 39.1 Å². The number of carbonyl (C=O) groups excluding carboxylic acids is 1. The standard InChI is InChI=1S/C28H38Cl2N4O3S/c1-19(2)14-23(17-32-38(36,37)24-10-11-25(29)26(30)16-24)33-13-12-22(9-8-20-6-4-3-5-7-20)34-18-21(31)15-27(34)28(33)35/h3-7,10-11,16,19,21-23,27,32H,8-9,12-15,17-18,31H2,1-2H3/t21-,22?,23-,27+/m1/s1. The summed E-state index contributed by atoms with van der Waals surface area (Å²) < 4.78 is 28.9. The lowest BCUT2D eigenvalue weighted by Crippen LogP contribution is -2.51. The molecule has 4 rings (SSSR count). The third-order valence-corrected chi connectivity index (χ3v) is 9.78. The van der Waals surface area contributed by atoms with Crippen molar-refractivity contribution in [2.45, 2.75) is 75.0 Å². The van der Waals surface area contributed by atoms with Crippen LogP contribution < -0.4 is 10.5 Å². The van der Waals surface area contributed by atoms with Gasteiger partial charge in [0.25, 0.3) is 0 Å². The molecular weight excluding hydrogens is 543 g/mol. The molecule has 2 aromatic rings. The summed E-state index contributed by atoms with van der Waals surface area (Å²) in [6, 6.07) is 14.3. The maximum Gasteiger partial charge on any atom is 0.240 e. The normalized spacial score (nSPS) is 23.5. The largest absolute Gasteiger partial charge is 0.337 e. The Morgan fingerprint density at radius 2 is 1.84 bits per heavy atom. The van der Waals surface area contributed by atoms with Gasteiger partial charge in [0.2, 0.25) is 15.9 Å². The number of sulfonamides is 1. The van der Waals surface area contributed by atoms with Gasteiger partial charge >= 0.3 is 0 Å². The summed E-state index contributed by atoms with van der Waals surface area (Å²) in [4.78, 5) is 18.2. The Bertz CT molecular complexity index is 1210. The van der Waals surface area contributed by atoms with Crippen LogP contribution in [0, 0.1) is 5.92 Å². The van der Waals surface area contributed by atoms with Crippen LogP contribution in [0.1, 0.15) is 45.1 Å². The van der Waals surface area contributed by atoms with Gasteiger partial charge in [-0.25, -0.2) is 13.1 Å². The molecule has 3 N–H and O–H groups in total. The van der Waals surface area contributed by atoms with Crippen LogP contribution in [0.4, 0.5) is 0 Å². The zero-order valence-corrected chi connectivity index (χ0v) is 24.4. The maximum atomic E-state index is 13.9. The number of amides is 1. The van der Waals surface area contributed by atoms with E-state index in [1.807, 2.05) is 11.0 Å². The third-order valence-electron chi connectivity index (χ3n) is 7.62. The molecular formula is C28H38Cl2N4O3S. The highest BCUT2D eigenvalue weighted by molar-refractivity contribution is 7.89. The second-order valence-corrected chi connectivity index (χ2v) is 13.5. The molecule has 0 spiro atoms. The van der Waals surface area contributed by atoms with Crippen LogP contribution in [0.2, 0.25) is 10.0 Å². The first-order valence-corrected chi connectivity index (χ1v) is 15.6. The molecule has 208 valence electrons. The van der Waals surface area contributed by atoms with Crippen LogP contribution in [0.3, 0.4) is 0 Å². The summed E-state index contributed by atoms with van der Waals surface area (Å²) >= 11 is 12.0. The average Bonchev–Trinajstić information content (AvgIpc) is 3.22. The van der Waals surface area contributed by atoms with Crippen LogP contribution in [0.25, 0.3) is 0 Å². The number of rotatable bonds is 10. The highest BCUT2D eigenvalue weighted by atomic mass is 35.5. The molecule has 2 aliphatic heterocycles. The van der Waals surface area contributed by atoms with Gasteiger partial charge in [0.15, 0.2) is 0 Å². The molecule has 0 bridgehead atoms. The van der Waals surface area contributed by atoms with Crippen LogP contribution in [0.15, 0.2) is 53.4 Å². The molecule has 38 heavy (non-hydrogen) atoms. The van der Waals surface area contributed by atoms with Gasteiger partial charge in [-0.05, 0) is 61.8 Å². The minimum atomic E-state index is -3.83. The van der Waals surface area contributed by atoms with E-state index in [0.717, 1.165) is 19.3 Å². The predicted octanol–water partition coefficient (Wildman–Crippen LogP) is 4.32. The molecule has 0 saturated carbocycles. The Balaban J connectivity index is 1.52. The quantitative estimate of drug-likeness (QED) is 0.436. The zero-order chi connectivity index (χ0) is 27.4. The molecule has 2 heterocycles. The van der Waals surface area contributed by atoms with Crippen LogP contribution in [-0.2, 0) is 21.2 Å². The SMILES string of the molecule is CC(C)C[C@H](CNS(=O)(=O)c1ccc(Cl)c(Cl)c1)N1CCC(CCc2ccccc2)N2C[C@H](N)C[C@H]2C1=O. The fourth-order valence-electron chi connectivity index (χ4n) is 5.75. The molecule has 10 heteroatoms. The fraction of sp³-hybridized carbons (Fsp3) is 0.536. The lowest BCUT2D eigenvalue weighted by Gasteiger charge is -2.34. The Morgan fingerprint density at radius 3 is 2.53 bits per heavy atom. The number of benzene rings is 2. The highest BCUT2D eigenvalue weighted by Gasteiger charge is 2.44. The molecule has 7 nitrogen and oxygen atoms in total. The van der Waals surface area contributed by atoms with E-state index in [2.05, 4.69) is 47.7 Å². The van der Waals surface area contributed by atoms with E-state index in [0.29, 0.717) is 31.0 Å². The van der Waals surface area contributed by atoms with Crippen molar-refractivity contribution in [1.29, 1.82) is 0 Å². The molecule has 4 atom stereocenters. The molecule has 2 aliphatic rings. The summed E-state index contributed by atoms with van der Waals surface area (Å²) in [5.74, 6) is 0.334. The summed E-state index contributed by atoms with van der Waals surface area (Å²) in [6.07, 6.45) is 4.03. The number of hydrogen-bond donors (Lipinski definition) is 2. The lowest BCUT2D eigenvalue weighted by atomic mass is 10.00. The fourth-order valence-corrected chi connectivity index (χ4v) is 7.21. The van der Waals surface area contributed by atoms with E-state index < -0.39 is 10.0 Å². The van der Waals surface area contributed by atoms with Crippen molar-refractivity contribution in [2.24, 2.45) is 11.7 Å². The summed E-state index contributed by atoms with van der Waals surface area (Å²) in [7, 11) is -3.83. The number of nitrogens with one attached hydrogen (secondary N) is 1. The number of nitrogens with two attached hydrogens (primary N) is 1. The van der Waals surface area contributed by atoms with Gasteiger partial charge in [-0.3, -0.25) is 9.69 Å². The number of halogens is 2. The Kier molecular flexibility index (Phi) is 9.77. The van der Waals surface area contributed by atoms with Crippen molar-refractivity contribution in [3.63, 3.8) is 0 Å². The van der Waals surface area contributed by atoms with Crippen molar-refractivity contribution in [3.8, 4) is 0 Å². The molecule has 2 fully saturated rings. The number of fused-ring (bicyclic) bond motifs is 1. The first-order valence-electron chi connectivity index (χ1n) is 13.4. The van der Waals surface area contributed by atoms with E-state index in [1.165, 1.54) is 23.8 Å². The van der Waals surface area contributed by atoms with Crippen molar-refractivity contribution < 1.29 is 13.2 Å². The zero-order valence-electron chi connectivity index (χ0n) is 22.0. The number of nitrogens with zero attached hydrogens (tertiary/aromatic N) is 2. The molecule has 0 aliphatic carbocycles. The van der Waals surface area contributed by atoms with Crippen LogP contribution >= 0.6 is 23.2 Å². The smallest absolute Gasteiger partial charge is 0.240 e. The lowest BCUT2D eigenvalue weighted by molar-refractivity contribution is -0.137. The highest BCUT2D eigenvalue weighted by Crippen LogP contribution is 2.31. The second kappa shape index (κ2) is 12.7. The average molecular weight is 582 g/mol. The molecule has 1 unspecified atom stereocenters. The van der Waals surface area contributed by atoms with Gasteiger partial charge in [-0.1, -0.05) is 67.4 Å². The third kappa shape index (κ3) is 7.09. The van der Waals surface area contributed by atoms with Gasteiger partial charge in [-0.2, -0.15) is 0 Å². The first-order chi connectivity index (χ1) is 18.0. The molecule has 2 aromatic carbocycles. The summed E-state index contributed by atoms with van der Waals surface area (Å²) in [5, 5.41) is 0.467. The monoisotopic (exact) mass is 580 g/mol. The van der Waals surface area contributed by atoms with E-state index in [9.17, 15) is 13.2 Å². The predicted molar refractivity (Wildman–Crippen MR) is 153 cm³/mol. The summed E-state index contributed by atoms with van der Waals surface area (Å²) in [5.41, 5.74) is 7.64. The Morgan fingerprint density at radius 1 is 1.11 bits per heavy atom. The molecule has 0 radical (unpaired) electrons. The minimum absolute atomic E-state index is 0.0418. The number of hydrogen-bond acceptors (Lipinski definition) is 5. The van der Waals surface area contributed by atoms with Gasteiger partial charge < -0.3 is 10.6 Å². The van der Waals surface area contributed by atoms with Gasteiger partial charge in [0.05, 0.1) is 21.0 Å². The second-order valence-electron chi connectivity index (χ2n) is 10.9. The Hall–Kier alpha value is -1.68. The van der Waals surface area contributed by atoms with Gasteiger partial charge in [0.1, 0.15) is 0 Å². The van der Waals surface area contributed by atoms with Crippen LogP contribution in [0.5, 0.6) is 0 Å². The van der Waals surface area contributed by atoms with Crippen molar-refractivity contribution in [1.82, 2.24) is 14.5 Å². The minimum Gasteiger partial charge on any atom is -0.337 e. The van der Waals surface area contributed by atoms with Crippen LogP contribution in [-0.4, -0.2) is 67.9 Å². The van der Waals surface area contributed by atoms with Crippen molar-refractivity contribution in [2.75, 3.05) is 19.6 Å². The Labute approximate surface area is 236 Å². The van der Waals surface area contributed by atoms with Gasteiger partial charge in [0, 0.05) is 37.8 Å². The summed E-state index contributed by atoms with van der Waals surface area (Å²) in [6.45, 7) is 5.60. The van der Waals surface area contributed by atoms with E-state index >= 15 is 0 Å². The molecule has 2 saturated heterocycles. The van der Waals surface area contributed by atoms with E-state index in [4.69, 9.17) is 28.9 Å². The first kappa shape index (κ1) is 29.3. The maximum absolute atomic E-state index is 13.9. The van der Waals surface area contributed by atoms with E-state index in [-0.39, 0.29) is 52.5 Å². The van der Waals surface area contributed by atoms with E-state index in [1.54, 1.807) is 0 Å². The van der Waals surface area contributed by atoms with Crippen molar-refractivity contribution in [3.05, 3.63) is 64.1 Å². The number of carbonyl (C=O) groups is 1. The van der Waals surface area contributed by atoms with Gasteiger partial charge in [-0.15, -0.1) is 0 Å². The topological polar surface area (TPSA) is 95.7 Å². The molecule has 0 aromatic heterocycles.